The molecule has 1 aromatic carbocycles. The fraction of sp³-hybridized carbons (Fsp3) is 0.385. The molecule has 0 radical (unpaired) electrons. The standard InChI is InChI=1S/C13H15NO/c1-13(2,3)8-12(15)11-7-5-4-6-10(11)9-14/h4-7H,8H2,1-3H3. The second kappa shape index (κ2) is 4.27. The molecular weight excluding hydrogens is 186 g/mol. The predicted molar refractivity (Wildman–Crippen MR) is 59.6 cm³/mol. The van der Waals surface area contributed by atoms with Gasteiger partial charge in [0, 0.05) is 12.0 Å². The van der Waals surface area contributed by atoms with Gasteiger partial charge in [-0.2, -0.15) is 5.26 Å². The minimum Gasteiger partial charge on any atom is -0.294 e. The molecule has 0 unspecified atom stereocenters. The maximum atomic E-state index is 11.9. The van der Waals surface area contributed by atoms with Crippen LogP contribution in [0, 0.1) is 16.7 Å². The second-order valence-electron chi connectivity index (χ2n) is 4.82. The molecule has 0 aliphatic rings. The number of ketones is 1. The summed E-state index contributed by atoms with van der Waals surface area (Å²) >= 11 is 0. The summed E-state index contributed by atoms with van der Waals surface area (Å²) in [6.07, 6.45) is 0.464. The number of nitrogens with zero attached hydrogens (tertiary/aromatic N) is 1. The Morgan fingerprint density at radius 2 is 1.93 bits per heavy atom. The van der Waals surface area contributed by atoms with Gasteiger partial charge in [0.1, 0.15) is 0 Å². The number of hydrogen-bond acceptors (Lipinski definition) is 2. The molecule has 2 heteroatoms. The van der Waals surface area contributed by atoms with E-state index in [0.29, 0.717) is 17.5 Å². The number of benzene rings is 1. The largest absolute Gasteiger partial charge is 0.294 e. The Balaban J connectivity index is 2.98. The third-order valence-electron chi connectivity index (χ3n) is 2.04. The second-order valence-corrected chi connectivity index (χ2v) is 4.82. The van der Waals surface area contributed by atoms with Crippen LogP contribution in [0.1, 0.15) is 43.1 Å². The summed E-state index contributed by atoms with van der Waals surface area (Å²) in [6, 6.07) is 8.99. The Morgan fingerprint density at radius 3 is 2.47 bits per heavy atom. The minimum absolute atomic E-state index is 0.0413. The number of nitriles is 1. The van der Waals surface area contributed by atoms with Gasteiger partial charge in [-0.15, -0.1) is 0 Å². The van der Waals surface area contributed by atoms with Crippen molar-refractivity contribution in [3.8, 4) is 6.07 Å². The lowest BCUT2D eigenvalue weighted by Crippen LogP contribution is -2.13. The third-order valence-corrected chi connectivity index (χ3v) is 2.04. The monoisotopic (exact) mass is 201 g/mol. The van der Waals surface area contributed by atoms with Gasteiger partial charge in [-0.3, -0.25) is 4.79 Å². The van der Waals surface area contributed by atoms with E-state index >= 15 is 0 Å². The first kappa shape index (κ1) is 11.5. The van der Waals surface area contributed by atoms with E-state index in [9.17, 15) is 4.79 Å². The summed E-state index contributed by atoms with van der Waals surface area (Å²) in [5.41, 5.74) is 0.960. The van der Waals surface area contributed by atoms with Gasteiger partial charge >= 0.3 is 0 Å². The highest BCUT2D eigenvalue weighted by molar-refractivity contribution is 5.98. The summed E-state index contributed by atoms with van der Waals surface area (Å²) in [6.45, 7) is 6.04. The first-order chi connectivity index (χ1) is 6.94. The summed E-state index contributed by atoms with van der Waals surface area (Å²) in [5.74, 6) is 0.0413. The van der Waals surface area contributed by atoms with Crippen molar-refractivity contribution in [2.45, 2.75) is 27.2 Å². The van der Waals surface area contributed by atoms with E-state index in [1.807, 2.05) is 26.8 Å². The van der Waals surface area contributed by atoms with Gasteiger partial charge < -0.3 is 0 Å². The summed E-state index contributed by atoms with van der Waals surface area (Å²) < 4.78 is 0. The van der Waals surface area contributed by atoms with Crippen molar-refractivity contribution in [1.29, 1.82) is 5.26 Å². The Labute approximate surface area is 90.5 Å². The van der Waals surface area contributed by atoms with E-state index in [0.717, 1.165) is 0 Å². The molecule has 0 fully saturated rings. The van der Waals surface area contributed by atoms with E-state index in [1.165, 1.54) is 0 Å². The van der Waals surface area contributed by atoms with Gasteiger partial charge in [-0.1, -0.05) is 39.0 Å². The number of hydrogen-bond donors (Lipinski definition) is 0. The molecule has 0 aliphatic carbocycles. The summed E-state index contributed by atoms with van der Waals surface area (Å²) in [7, 11) is 0. The Morgan fingerprint density at radius 1 is 1.33 bits per heavy atom. The van der Waals surface area contributed by atoms with Crippen LogP contribution in [-0.2, 0) is 0 Å². The fourth-order valence-electron chi connectivity index (χ4n) is 1.40. The smallest absolute Gasteiger partial charge is 0.164 e. The predicted octanol–water partition coefficient (Wildman–Crippen LogP) is 3.18. The molecule has 0 saturated carbocycles. The topological polar surface area (TPSA) is 40.9 Å². The van der Waals surface area contributed by atoms with Crippen molar-refractivity contribution >= 4 is 5.78 Å². The first-order valence-electron chi connectivity index (χ1n) is 4.96. The normalized spacial score (nSPS) is 10.8. The van der Waals surface area contributed by atoms with Crippen LogP contribution >= 0.6 is 0 Å². The quantitative estimate of drug-likeness (QED) is 0.689. The van der Waals surface area contributed by atoms with Crippen LogP contribution in [0.4, 0.5) is 0 Å². The lowest BCUT2D eigenvalue weighted by Gasteiger charge is -2.16. The Hall–Kier alpha value is -1.62. The maximum Gasteiger partial charge on any atom is 0.164 e. The van der Waals surface area contributed by atoms with Crippen LogP contribution in [0.2, 0.25) is 0 Å². The van der Waals surface area contributed by atoms with Crippen molar-refractivity contribution in [2.24, 2.45) is 5.41 Å². The zero-order valence-corrected chi connectivity index (χ0v) is 9.37. The molecule has 0 spiro atoms. The Kier molecular flexibility index (Phi) is 3.26. The third kappa shape index (κ3) is 3.21. The molecule has 0 bridgehead atoms. The molecule has 0 aliphatic heterocycles. The average molecular weight is 201 g/mol. The first-order valence-corrected chi connectivity index (χ1v) is 4.96. The van der Waals surface area contributed by atoms with E-state index in [1.54, 1.807) is 24.3 Å². The van der Waals surface area contributed by atoms with Crippen molar-refractivity contribution in [2.75, 3.05) is 0 Å². The molecule has 1 rings (SSSR count). The van der Waals surface area contributed by atoms with Crippen molar-refractivity contribution < 1.29 is 4.79 Å². The number of Topliss-reactive ketones (excluding diaryl/α,β-unsaturated/α-hetero) is 1. The van der Waals surface area contributed by atoms with Crippen LogP contribution < -0.4 is 0 Å². The van der Waals surface area contributed by atoms with E-state index < -0.39 is 0 Å². The lowest BCUT2D eigenvalue weighted by molar-refractivity contribution is 0.0939. The van der Waals surface area contributed by atoms with Crippen LogP contribution in [0.3, 0.4) is 0 Å². The van der Waals surface area contributed by atoms with Crippen molar-refractivity contribution in [1.82, 2.24) is 0 Å². The average Bonchev–Trinajstić information content (AvgIpc) is 2.15. The van der Waals surface area contributed by atoms with E-state index in [-0.39, 0.29) is 11.2 Å². The van der Waals surface area contributed by atoms with Crippen molar-refractivity contribution in [3.63, 3.8) is 0 Å². The molecule has 0 saturated heterocycles. The van der Waals surface area contributed by atoms with Gasteiger partial charge in [0.25, 0.3) is 0 Å². The molecule has 0 amide bonds. The fourth-order valence-corrected chi connectivity index (χ4v) is 1.40. The van der Waals surface area contributed by atoms with Gasteiger partial charge in [0.05, 0.1) is 11.6 Å². The molecule has 15 heavy (non-hydrogen) atoms. The highest BCUT2D eigenvalue weighted by Crippen LogP contribution is 2.22. The molecule has 1 aromatic rings. The van der Waals surface area contributed by atoms with Crippen LogP contribution in [0.25, 0.3) is 0 Å². The Bertz CT molecular complexity index is 407. The minimum atomic E-state index is -0.0420. The number of rotatable bonds is 2. The molecule has 0 heterocycles. The zero-order chi connectivity index (χ0) is 11.5. The SMILES string of the molecule is CC(C)(C)CC(=O)c1ccccc1C#N. The van der Waals surface area contributed by atoms with Gasteiger partial charge in [0.15, 0.2) is 5.78 Å². The van der Waals surface area contributed by atoms with Crippen LogP contribution in [0.15, 0.2) is 24.3 Å². The van der Waals surface area contributed by atoms with E-state index in [4.69, 9.17) is 5.26 Å². The zero-order valence-electron chi connectivity index (χ0n) is 9.37. The molecular formula is C13H15NO. The molecule has 0 N–H and O–H groups in total. The number of carbonyl (C=O) groups excluding carboxylic acids is 1. The molecule has 0 aromatic heterocycles. The summed E-state index contributed by atoms with van der Waals surface area (Å²) in [4.78, 5) is 11.9. The van der Waals surface area contributed by atoms with Crippen LogP contribution in [0.5, 0.6) is 0 Å². The van der Waals surface area contributed by atoms with Crippen molar-refractivity contribution in [3.05, 3.63) is 35.4 Å². The highest BCUT2D eigenvalue weighted by Gasteiger charge is 2.19. The number of carbonyl (C=O) groups is 1. The van der Waals surface area contributed by atoms with Crippen LogP contribution in [-0.4, -0.2) is 5.78 Å². The summed E-state index contributed by atoms with van der Waals surface area (Å²) in [5, 5.41) is 8.86. The highest BCUT2D eigenvalue weighted by atomic mass is 16.1. The van der Waals surface area contributed by atoms with Gasteiger partial charge in [0.2, 0.25) is 0 Å². The maximum absolute atomic E-state index is 11.9. The molecule has 2 nitrogen and oxygen atoms in total. The lowest BCUT2D eigenvalue weighted by atomic mass is 9.87. The van der Waals surface area contributed by atoms with Gasteiger partial charge in [-0.05, 0) is 11.5 Å². The molecule has 0 atom stereocenters. The van der Waals surface area contributed by atoms with E-state index in [2.05, 4.69) is 0 Å². The van der Waals surface area contributed by atoms with Gasteiger partial charge in [-0.25, -0.2) is 0 Å². The molecule has 78 valence electrons.